The van der Waals surface area contributed by atoms with Crippen LogP contribution in [0.15, 0.2) is 105 Å². The molecule has 2 N–H and O–H groups in total. The summed E-state index contributed by atoms with van der Waals surface area (Å²) in [5, 5.41) is 8.52. The number of para-hydroxylation sites is 2. The standard InChI is InChI=1S/C28H26N4O4S/c1-18-25(27(34)31-19-9-4-3-5-10-19)26(22-12-6-7-13-23(22)35-2)32-20(17-37-28(32)30-18)15-24(33)29-16-21-11-8-14-36-21/h3-14,17,26H,15-16H2,1-2H3,(H,29,33)(H,31,34). The van der Waals surface area contributed by atoms with E-state index >= 15 is 0 Å². The number of allylic oxidation sites excluding steroid dienone is 1. The summed E-state index contributed by atoms with van der Waals surface area (Å²) in [5.41, 5.74) is 3.33. The Bertz CT molecular complexity index is 1400. The summed E-state index contributed by atoms with van der Waals surface area (Å²) in [6.07, 6.45) is 1.69. The predicted molar refractivity (Wildman–Crippen MR) is 144 cm³/mol. The Morgan fingerprint density at radius 3 is 2.62 bits per heavy atom. The molecule has 5 rings (SSSR count). The Balaban J connectivity index is 1.48. The lowest BCUT2D eigenvalue weighted by molar-refractivity contribution is -0.120. The molecule has 1 atom stereocenters. The number of amides is 2. The first-order chi connectivity index (χ1) is 18.0. The van der Waals surface area contributed by atoms with Crippen molar-refractivity contribution in [2.45, 2.75) is 25.9 Å². The highest BCUT2D eigenvalue weighted by molar-refractivity contribution is 8.16. The van der Waals surface area contributed by atoms with E-state index in [4.69, 9.17) is 14.1 Å². The summed E-state index contributed by atoms with van der Waals surface area (Å²) in [7, 11) is 1.61. The number of amidine groups is 1. The minimum atomic E-state index is -0.536. The van der Waals surface area contributed by atoms with E-state index in [1.165, 1.54) is 11.8 Å². The molecule has 8 nitrogen and oxygen atoms in total. The van der Waals surface area contributed by atoms with Crippen molar-refractivity contribution >= 4 is 34.4 Å². The zero-order valence-corrected chi connectivity index (χ0v) is 21.2. The molecule has 37 heavy (non-hydrogen) atoms. The van der Waals surface area contributed by atoms with Crippen LogP contribution in [0.3, 0.4) is 0 Å². The highest BCUT2D eigenvalue weighted by Gasteiger charge is 2.41. The van der Waals surface area contributed by atoms with Gasteiger partial charge in [-0.05, 0) is 42.7 Å². The highest BCUT2D eigenvalue weighted by atomic mass is 32.2. The van der Waals surface area contributed by atoms with E-state index in [9.17, 15) is 9.59 Å². The van der Waals surface area contributed by atoms with Crippen LogP contribution < -0.4 is 15.4 Å². The molecule has 3 heterocycles. The molecule has 2 aromatic carbocycles. The number of aliphatic imine (C=N–C) groups is 1. The van der Waals surface area contributed by atoms with Crippen molar-refractivity contribution in [2.75, 3.05) is 12.4 Å². The van der Waals surface area contributed by atoms with Gasteiger partial charge in [0.25, 0.3) is 5.91 Å². The van der Waals surface area contributed by atoms with Crippen molar-refractivity contribution in [3.8, 4) is 5.75 Å². The molecule has 0 aliphatic carbocycles. The molecular formula is C28H26N4O4S. The third-order valence-electron chi connectivity index (χ3n) is 6.09. The van der Waals surface area contributed by atoms with Gasteiger partial charge in [-0.3, -0.25) is 9.59 Å². The summed E-state index contributed by atoms with van der Waals surface area (Å²) >= 11 is 1.43. The van der Waals surface area contributed by atoms with Crippen LogP contribution in [0.4, 0.5) is 5.69 Å². The third kappa shape index (κ3) is 5.17. The second kappa shape index (κ2) is 10.8. The molecule has 188 valence electrons. The maximum Gasteiger partial charge on any atom is 0.255 e. The first kappa shape index (κ1) is 24.5. The van der Waals surface area contributed by atoms with Gasteiger partial charge in [-0.1, -0.05) is 48.2 Å². The van der Waals surface area contributed by atoms with Crippen molar-refractivity contribution in [1.82, 2.24) is 10.2 Å². The number of hydrogen-bond acceptors (Lipinski definition) is 7. The van der Waals surface area contributed by atoms with Gasteiger partial charge < -0.3 is 24.7 Å². The van der Waals surface area contributed by atoms with Crippen LogP contribution in [0.25, 0.3) is 0 Å². The number of nitrogens with one attached hydrogen (secondary N) is 2. The number of hydrogen-bond donors (Lipinski definition) is 2. The lowest BCUT2D eigenvalue weighted by atomic mass is 9.92. The van der Waals surface area contributed by atoms with Gasteiger partial charge in [0.1, 0.15) is 11.5 Å². The molecule has 2 aliphatic rings. The molecule has 0 fully saturated rings. The fourth-order valence-electron chi connectivity index (χ4n) is 4.39. The van der Waals surface area contributed by atoms with E-state index in [1.807, 2.05) is 77.9 Å². The van der Waals surface area contributed by atoms with Crippen molar-refractivity contribution in [2.24, 2.45) is 4.99 Å². The third-order valence-corrected chi connectivity index (χ3v) is 6.98. The van der Waals surface area contributed by atoms with Gasteiger partial charge in [-0.25, -0.2) is 4.99 Å². The maximum absolute atomic E-state index is 13.7. The lowest BCUT2D eigenvalue weighted by Gasteiger charge is -2.37. The number of nitrogens with zero attached hydrogens (tertiary/aromatic N) is 2. The number of furan rings is 1. The Labute approximate surface area is 219 Å². The minimum Gasteiger partial charge on any atom is -0.496 e. The topological polar surface area (TPSA) is 96.2 Å². The fourth-order valence-corrected chi connectivity index (χ4v) is 5.36. The molecular weight excluding hydrogens is 488 g/mol. The number of carbonyl (C=O) groups excluding carboxylic acids is 2. The Morgan fingerprint density at radius 1 is 1.08 bits per heavy atom. The van der Waals surface area contributed by atoms with Crippen molar-refractivity contribution in [1.29, 1.82) is 0 Å². The summed E-state index contributed by atoms with van der Waals surface area (Å²) in [6.45, 7) is 2.13. The van der Waals surface area contributed by atoms with E-state index in [1.54, 1.807) is 19.4 Å². The summed E-state index contributed by atoms with van der Waals surface area (Å²) in [6, 6.07) is 20.0. The number of fused-ring (bicyclic) bond motifs is 1. The summed E-state index contributed by atoms with van der Waals surface area (Å²) in [4.78, 5) is 33.3. The quantitative estimate of drug-likeness (QED) is 0.429. The van der Waals surface area contributed by atoms with E-state index in [0.29, 0.717) is 40.2 Å². The van der Waals surface area contributed by atoms with E-state index in [0.717, 1.165) is 11.3 Å². The Hall–Kier alpha value is -4.24. The molecule has 2 amide bonds. The van der Waals surface area contributed by atoms with Crippen LogP contribution >= 0.6 is 11.8 Å². The smallest absolute Gasteiger partial charge is 0.255 e. The number of benzene rings is 2. The number of anilines is 1. The number of ether oxygens (including phenoxy) is 1. The zero-order chi connectivity index (χ0) is 25.8. The van der Waals surface area contributed by atoms with Crippen LogP contribution in [-0.2, 0) is 16.1 Å². The van der Waals surface area contributed by atoms with Crippen LogP contribution in [0, 0.1) is 0 Å². The van der Waals surface area contributed by atoms with Gasteiger partial charge >= 0.3 is 0 Å². The molecule has 0 saturated heterocycles. The molecule has 1 unspecified atom stereocenters. The molecule has 0 bridgehead atoms. The zero-order valence-electron chi connectivity index (χ0n) is 20.4. The number of methoxy groups -OCH3 is 1. The molecule has 2 aliphatic heterocycles. The van der Waals surface area contributed by atoms with Crippen molar-refractivity contribution in [3.63, 3.8) is 0 Å². The van der Waals surface area contributed by atoms with Crippen molar-refractivity contribution < 1.29 is 18.7 Å². The summed E-state index contributed by atoms with van der Waals surface area (Å²) in [5.74, 6) is 0.893. The molecule has 3 aromatic rings. The number of rotatable bonds is 8. The lowest BCUT2D eigenvalue weighted by Crippen LogP contribution is -2.39. The van der Waals surface area contributed by atoms with Gasteiger partial charge in [-0.2, -0.15) is 0 Å². The number of carbonyl (C=O) groups is 2. The SMILES string of the molecule is COc1ccccc1C1C(C(=O)Nc2ccccc2)=C(C)N=C2SC=C(CC(=O)NCc3ccco3)N21. The molecule has 0 spiro atoms. The molecule has 0 radical (unpaired) electrons. The van der Waals surface area contributed by atoms with Gasteiger partial charge in [0.05, 0.1) is 43.7 Å². The highest BCUT2D eigenvalue weighted by Crippen LogP contribution is 2.46. The molecule has 9 heteroatoms. The van der Waals surface area contributed by atoms with Gasteiger partial charge in [0.15, 0.2) is 5.17 Å². The maximum atomic E-state index is 13.7. The van der Waals surface area contributed by atoms with E-state index < -0.39 is 6.04 Å². The normalized spacial score (nSPS) is 16.6. The van der Waals surface area contributed by atoms with E-state index in [-0.39, 0.29) is 18.2 Å². The molecule has 0 saturated carbocycles. The largest absolute Gasteiger partial charge is 0.496 e. The fraction of sp³-hybridized carbons (Fsp3) is 0.179. The monoisotopic (exact) mass is 514 g/mol. The average Bonchev–Trinajstić information content (AvgIpc) is 3.57. The Kier molecular flexibility index (Phi) is 7.14. The van der Waals surface area contributed by atoms with Crippen LogP contribution in [-0.4, -0.2) is 29.0 Å². The first-order valence-electron chi connectivity index (χ1n) is 11.8. The average molecular weight is 515 g/mol. The Morgan fingerprint density at radius 2 is 1.86 bits per heavy atom. The molecule has 1 aromatic heterocycles. The van der Waals surface area contributed by atoms with Gasteiger partial charge in [0.2, 0.25) is 5.91 Å². The predicted octanol–water partition coefficient (Wildman–Crippen LogP) is 5.21. The van der Waals surface area contributed by atoms with Crippen LogP contribution in [0.1, 0.15) is 30.7 Å². The second-order valence-electron chi connectivity index (χ2n) is 8.49. The first-order valence-corrected chi connectivity index (χ1v) is 12.7. The van der Waals surface area contributed by atoms with Crippen LogP contribution in [0.5, 0.6) is 5.75 Å². The second-order valence-corrected chi connectivity index (χ2v) is 9.32. The van der Waals surface area contributed by atoms with Gasteiger partial charge in [0, 0.05) is 16.9 Å². The minimum absolute atomic E-state index is 0.116. The number of thioether (sulfide) groups is 1. The van der Waals surface area contributed by atoms with Crippen LogP contribution in [0.2, 0.25) is 0 Å². The van der Waals surface area contributed by atoms with E-state index in [2.05, 4.69) is 10.6 Å². The van der Waals surface area contributed by atoms with Crippen molar-refractivity contribution in [3.05, 3.63) is 107 Å². The van der Waals surface area contributed by atoms with Gasteiger partial charge in [-0.15, -0.1) is 0 Å². The summed E-state index contributed by atoms with van der Waals surface area (Å²) < 4.78 is 11.0.